The van der Waals surface area contributed by atoms with Crippen molar-refractivity contribution in [1.29, 1.82) is 0 Å². The first kappa shape index (κ1) is 24.7. The van der Waals surface area contributed by atoms with E-state index in [-0.39, 0.29) is 46.4 Å². The van der Waals surface area contributed by atoms with Gasteiger partial charge in [0.05, 0.1) is 25.0 Å². The molecule has 1 heterocycles. The summed E-state index contributed by atoms with van der Waals surface area (Å²) < 4.78 is 47.0. The lowest BCUT2D eigenvalue weighted by molar-refractivity contribution is -0.141. The number of amides is 2. The highest BCUT2D eigenvalue weighted by Gasteiger charge is 2.44. The van der Waals surface area contributed by atoms with Crippen LogP contribution in [-0.2, 0) is 11.3 Å². The van der Waals surface area contributed by atoms with Crippen LogP contribution in [-0.4, -0.2) is 35.7 Å². The smallest absolute Gasteiger partial charge is 0.423 e. The van der Waals surface area contributed by atoms with Crippen molar-refractivity contribution >= 4 is 40.7 Å². The first-order chi connectivity index (χ1) is 15.4. The number of alkyl halides is 3. The summed E-state index contributed by atoms with van der Waals surface area (Å²) in [7, 11) is 0. The molecule has 33 heavy (non-hydrogen) atoms. The van der Waals surface area contributed by atoms with Crippen molar-refractivity contribution in [3.05, 3.63) is 69.3 Å². The van der Waals surface area contributed by atoms with E-state index in [1.807, 2.05) is 0 Å². The van der Waals surface area contributed by atoms with Gasteiger partial charge in [-0.1, -0.05) is 29.3 Å². The van der Waals surface area contributed by atoms with Crippen LogP contribution in [0.1, 0.15) is 29.8 Å². The maximum absolute atomic E-state index is 13.8. The van der Waals surface area contributed by atoms with Crippen LogP contribution in [0.2, 0.25) is 10.0 Å². The number of nitrogens with zero attached hydrogens (tertiary/aromatic N) is 2. The molecule has 2 aromatic carbocycles. The number of hydrogen-bond acceptors (Lipinski definition) is 4. The Morgan fingerprint density at radius 2 is 1.82 bits per heavy atom. The monoisotopic (exact) mass is 501 g/mol. The number of anilines is 1. The molecule has 0 saturated heterocycles. The van der Waals surface area contributed by atoms with E-state index in [0.29, 0.717) is 11.8 Å². The van der Waals surface area contributed by atoms with Gasteiger partial charge in [-0.25, -0.2) is 0 Å². The molecule has 0 bridgehead atoms. The maximum Gasteiger partial charge on any atom is 0.423 e. The lowest BCUT2D eigenvalue weighted by atomic mass is 10.1. The zero-order chi connectivity index (χ0) is 24.5. The quantitative estimate of drug-likeness (QED) is 0.595. The van der Waals surface area contributed by atoms with Gasteiger partial charge in [-0.3, -0.25) is 9.59 Å². The van der Waals surface area contributed by atoms with Gasteiger partial charge in [0.25, 0.3) is 5.91 Å². The molecule has 0 unspecified atom stereocenters. The minimum Gasteiger partial charge on any atom is -0.489 e. The van der Waals surface area contributed by atoms with Crippen molar-refractivity contribution in [2.24, 2.45) is 5.73 Å². The van der Waals surface area contributed by atoms with Gasteiger partial charge < -0.3 is 20.3 Å². The molecule has 0 spiro atoms. The van der Waals surface area contributed by atoms with Crippen molar-refractivity contribution in [3.8, 4) is 5.75 Å². The number of nitrogens with two attached hydrogens (primary N) is 1. The summed E-state index contributed by atoms with van der Waals surface area (Å²) in [6, 6.07) is 8.82. The topological polar surface area (TPSA) is 75.9 Å². The molecule has 11 heteroatoms. The SMILES string of the molecule is CC(C)Oc1ccc(C(N)=O)cc1N1C=C(C(F)(F)F)C(=O)N(Cc2c(Cl)cccc2Cl)C1. The third kappa shape index (κ3) is 5.54. The molecule has 2 aromatic rings. The molecule has 0 saturated carbocycles. The molecular formula is C22H20Cl2F3N3O3. The molecule has 0 aliphatic carbocycles. The van der Waals surface area contributed by atoms with Gasteiger partial charge in [0.2, 0.25) is 5.91 Å². The van der Waals surface area contributed by atoms with E-state index in [2.05, 4.69) is 0 Å². The van der Waals surface area contributed by atoms with Crippen LogP contribution < -0.4 is 15.4 Å². The van der Waals surface area contributed by atoms with Gasteiger partial charge in [-0.2, -0.15) is 13.2 Å². The Labute approximate surface area is 198 Å². The van der Waals surface area contributed by atoms with Crippen LogP contribution in [0.4, 0.5) is 18.9 Å². The first-order valence-corrected chi connectivity index (χ1v) is 10.5. The van der Waals surface area contributed by atoms with Crippen molar-refractivity contribution in [3.63, 3.8) is 0 Å². The largest absolute Gasteiger partial charge is 0.489 e. The second-order valence-corrected chi connectivity index (χ2v) is 8.38. The van der Waals surface area contributed by atoms with Crippen LogP contribution >= 0.6 is 23.2 Å². The number of carbonyl (C=O) groups excluding carboxylic acids is 2. The molecule has 6 nitrogen and oxygen atoms in total. The van der Waals surface area contributed by atoms with Crippen LogP contribution in [0.15, 0.2) is 48.2 Å². The maximum atomic E-state index is 13.8. The molecule has 0 aromatic heterocycles. The zero-order valence-corrected chi connectivity index (χ0v) is 19.1. The fourth-order valence-corrected chi connectivity index (χ4v) is 3.77. The summed E-state index contributed by atoms with van der Waals surface area (Å²) in [5.41, 5.74) is 4.49. The summed E-state index contributed by atoms with van der Waals surface area (Å²) in [5.74, 6) is -1.77. The van der Waals surface area contributed by atoms with Crippen LogP contribution in [0.3, 0.4) is 0 Å². The Kier molecular flexibility index (Phi) is 7.14. The molecular weight excluding hydrogens is 482 g/mol. The number of halogens is 5. The van der Waals surface area contributed by atoms with E-state index in [1.165, 1.54) is 35.2 Å². The molecule has 0 radical (unpaired) electrons. The minimum atomic E-state index is -4.93. The lowest BCUT2D eigenvalue weighted by Crippen LogP contribution is -2.47. The predicted molar refractivity (Wildman–Crippen MR) is 119 cm³/mol. The van der Waals surface area contributed by atoms with E-state index in [0.717, 1.165) is 4.90 Å². The molecule has 1 aliphatic heterocycles. The van der Waals surface area contributed by atoms with E-state index >= 15 is 0 Å². The highest BCUT2D eigenvalue weighted by Crippen LogP contribution is 2.37. The fraction of sp³-hybridized carbons (Fsp3) is 0.273. The van der Waals surface area contributed by atoms with Crippen molar-refractivity contribution in [2.75, 3.05) is 11.6 Å². The van der Waals surface area contributed by atoms with Gasteiger partial charge in [0.15, 0.2) is 0 Å². The van der Waals surface area contributed by atoms with Gasteiger partial charge in [-0.15, -0.1) is 0 Å². The number of rotatable bonds is 6. The third-order valence-electron chi connectivity index (χ3n) is 4.76. The summed E-state index contributed by atoms with van der Waals surface area (Å²) in [4.78, 5) is 26.6. The number of hydrogen-bond donors (Lipinski definition) is 1. The Morgan fingerprint density at radius 3 is 2.36 bits per heavy atom. The molecule has 0 atom stereocenters. The average Bonchev–Trinajstić information content (AvgIpc) is 2.71. The zero-order valence-electron chi connectivity index (χ0n) is 17.6. The number of ether oxygens (including phenoxy) is 1. The lowest BCUT2D eigenvalue weighted by Gasteiger charge is -2.36. The summed E-state index contributed by atoms with van der Waals surface area (Å²) in [6.45, 7) is 2.94. The number of benzene rings is 2. The summed E-state index contributed by atoms with van der Waals surface area (Å²) in [6.07, 6.45) is -4.54. The van der Waals surface area contributed by atoms with E-state index in [4.69, 9.17) is 33.7 Å². The highest BCUT2D eigenvalue weighted by atomic mass is 35.5. The third-order valence-corrected chi connectivity index (χ3v) is 5.47. The van der Waals surface area contributed by atoms with Gasteiger partial charge >= 0.3 is 6.18 Å². The predicted octanol–water partition coefficient (Wildman–Crippen LogP) is 5.13. The van der Waals surface area contributed by atoms with Crippen molar-refractivity contribution in [1.82, 2.24) is 4.90 Å². The Bertz CT molecular complexity index is 1100. The molecule has 2 amide bonds. The standard InChI is InChI=1S/C22H20Cl2F3N3O3/c1-12(2)33-19-7-6-13(20(28)31)8-18(19)29-10-15(22(25,26)27)21(32)30(11-29)9-14-16(23)4-3-5-17(14)24/h3-8,10,12H,9,11H2,1-2H3,(H2,28,31). The average molecular weight is 502 g/mol. The molecule has 176 valence electrons. The Hall–Kier alpha value is -2.91. The van der Waals surface area contributed by atoms with E-state index in [9.17, 15) is 22.8 Å². The highest BCUT2D eigenvalue weighted by molar-refractivity contribution is 6.36. The second kappa shape index (κ2) is 9.52. The molecule has 0 fully saturated rings. The molecule has 3 rings (SSSR count). The molecule has 2 N–H and O–H groups in total. The van der Waals surface area contributed by atoms with Gasteiger partial charge in [0.1, 0.15) is 11.3 Å². The minimum absolute atomic E-state index is 0.0701. The van der Waals surface area contributed by atoms with Crippen molar-refractivity contribution in [2.45, 2.75) is 32.7 Å². The second-order valence-electron chi connectivity index (χ2n) is 7.57. The van der Waals surface area contributed by atoms with Crippen molar-refractivity contribution < 1.29 is 27.5 Å². The van der Waals surface area contributed by atoms with E-state index < -0.39 is 23.6 Å². The Morgan fingerprint density at radius 1 is 1.18 bits per heavy atom. The number of primary amides is 1. The van der Waals surface area contributed by atoms with Crippen LogP contribution in [0.25, 0.3) is 0 Å². The first-order valence-electron chi connectivity index (χ1n) is 9.76. The van der Waals surface area contributed by atoms with Gasteiger partial charge in [0, 0.05) is 27.4 Å². The fourth-order valence-electron chi connectivity index (χ4n) is 3.26. The summed E-state index contributed by atoms with van der Waals surface area (Å²) in [5, 5.41) is 0.425. The van der Waals surface area contributed by atoms with Crippen LogP contribution in [0, 0.1) is 0 Å². The summed E-state index contributed by atoms with van der Waals surface area (Å²) >= 11 is 12.3. The number of carbonyl (C=O) groups is 2. The Balaban J connectivity index is 2.11. The normalized spacial score (nSPS) is 14.5. The van der Waals surface area contributed by atoms with E-state index in [1.54, 1.807) is 19.9 Å². The van der Waals surface area contributed by atoms with Crippen LogP contribution in [0.5, 0.6) is 5.75 Å². The van der Waals surface area contributed by atoms with Gasteiger partial charge in [-0.05, 0) is 44.2 Å². The molecule has 1 aliphatic rings.